The fraction of sp³-hybridized carbons (Fsp3) is 0.417. The highest BCUT2D eigenvalue weighted by atomic mass is 32.2. The van der Waals surface area contributed by atoms with Crippen molar-refractivity contribution in [1.82, 2.24) is 4.72 Å². The number of aryl methyl sites for hydroxylation is 1. The maximum Gasteiger partial charge on any atom is 0.303 e. The normalized spacial score (nSPS) is 11.5. The second-order valence-electron chi connectivity index (χ2n) is 4.16. The van der Waals surface area contributed by atoms with Gasteiger partial charge in [-0.05, 0) is 37.5 Å². The molecule has 5 nitrogen and oxygen atoms in total. The Morgan fingerprint density at radius 2 is 2.05 bits per heavy atom. The Hall–Kier alpha value is -1.47. The van der Waals surface area contributed by atoms with Crippen LogP contribution in [0.1, 0.15) is 24.8 Å². The Morgan fingerprint density at radius 1 is 1.37 bits per heavy atom. The lowest BCUT2D eigenvalue weighted by Gasteiger charge is -2.07. The second-order valence-corrected chi connectivity index (χ2v) is 5.93. The predicted molar refractivity (Wildman–Crippen MR) is 67.8 cm³/mol. The van der Waals surface area contributed by atoms with Gasteiger partial charge in [-0.1, -0.05) is 6.07 Å². The highest BCUT2D eigenvalue weighted by molar-refractivity contribution is 7.89. The Morgan fingerprint density at radius 3 is 2.63 bits per heavy atom. The van der Waals surface area contributed by atoms with Crippen molar-refractivity contribution in [3.63, 3.8) is 0 Å². The molecule has 0 spiro atoms. The summed E-state index contributed by atoms with van der Waals surface area (Å²) in [5.41, 5.74) is 0.375. The zero-order valence-corrected chi connectivity index (χ0v) is 11.3. The minimum atomic E-state index is -3.74. The van der Waals surface area contributed by atoms with Gasteiger partial charge in [-0.3, -0.25) is 4.79 Å². The number of hydrogen-bond acceptors (Lipinski definition) is 3. The first kappa shape index (κ1) is 15.6. The van der Waals surface area contributed by atoms with Crippen LogP contribution in [0.25, 0.3) is 0 Å². The highest BCUT2D eigenvalue weighted by Gasteiger charge is 2.14. The third-order valence-electron chi connectivity index (χ3n) is 2.56. The number of carboxylic acids is 1. The standard InChI is InChI=1S/C12H16FNO4S/c1-9-5-6-10(8-11(9)13)19(17,18)14-7-3-2-4-12(15)16/h5-6,8,14H,2-4,7H2,1H3,(H,15,16). The highest BCUT2D eigenvalue weighted by Crippen LogP contribution is 2.14. The van der Waals surface area contributed by atoms with Gasteiger partial charge in [0.1, 0.15) is 5.82 Å². The van der Waals surface area contributed by atoms with Gasteiger partial charge >= 0.3 is 5.97 Å². The van der Waals surface area contributed by atoms with E-state index in [2.05, 4.69) is 4.72 Å². The van der Waals surface area contributed by atoms with Gasteiger partial charge in [0, 0.05) is 13.0 Å². The van der Waals surface area contributed by atoms with Crippen molar-refractivity contribution >= 4 is 16.0 Å². The quantitative estimate of drug-likeness (QED) is 0.748. The van der Waals surface area contributed by atoms with Crippen LogP contribution in [0.15, 0.2) is 23.1 Å². The summed E-state index contributed by atoms with van der Waals surface area (Å²) < 4.78 is 39.2. The first-order valence-corrected chi connectivity index (χ1v) is 7.29. The molecule has 0 saturated carbocycles. The minimum absolute atomic E-state index is 0.000880. The second kappa shape index (κ2) is 6.63. The van der Waals surface area contributed by atoms with Crippen LogP contribution in [0, 0.1) is 12.7 Å². The summed E-state index contributed by atoms with van der Waals surface area (Å²) in [4.78, 5) is 10.1. The number of benzene rings is 1. The van der Waals surface area contributed by atoms with Crippen LogP contribution in [0.2, 0.25) is 0 Å². The summed E-state index contributed by atoms with van der Waals surface area (Å²) in [5.74, 6) is -1.49. The van der Waals surface area contributed by atoms with E-state index in [1.807, 2.05) is 0 Å². The number of unbranched alkanes of at least 4 members (excludes halogenated alkanes) is 1. The summed E-state index contributed by atoms with van der Waals surface area (Å²) in [6.45, 7) is 1.68. The Labute approximate surface area is 111 Å². The molecule has 0 radical (unpaired) electrons. The number of hydrogen-bond donors (Lipinski definition) is 2. The molecular weight excluding hydrogens is 273 g/mol. The average Bonchev–Trinajstić information content (AvgIpc) is 2.31. The van der Waals surface area contributed by atoms with Gasteiger partial charge in [-0.25, -0.2) is 17.5 Å². The monoisotopic (exact) mass is 289 g/mol. The fourth-order valence-corrected chi connectivity index (χ4v) is 2.52. The summed E-state index contributed by atoms with van der Waals surface area (Å²) in [5, 5.41) is 8.43. The zero-order chi connectivity index (χ0) is 14.5. The number of carbonyl (C=O) groups is 1. The maximum absolute atomic E-state index is 13.3. The van der Waals surface area contributed by atoms with Gasteiger partial charge in [0.25, 0.3) is 0 Å². The first-order valence-electron chi connectivity index (χ1n) is 5.80. The third-order valence-corrected chi connectivity index (χ3v) is 4.02. The van der Waals surface area contributed by atoms with E-state index in [1.54, 1.807) is 6.92 Å². The topological polar surface area (TPSA) is 83.5 Å². The summed E-state index contributed by atoms with van der Waals surface area (Å²) in [6.07, 6.45) is 0.806. The molecule has 0 aliphatic heterocycles. The molecule has 19 heavy (non-hydrogen) atoms. The Kier molecular flexibility index (Phi) is 5.44. The molecule has 0 aromatic heterocycles. The molecule has 1 aromatic rings. The van der Waals surface area contributed by atoms with Crippen LogP contribution in [-0.2, 0) is 14.8 Å². The van der Waals surface area contributed by atoms with E-state index in [9.17, 15) is 17.6 Å². The van der Waals surface area contributed by atoms with E-state index in [0.717, 1.165) is 6.07 Å². The molecular formula is C12H16FNO4S. The lowest BCUT2D eigenvalue weighted by Crippen LogP contribution is -2.25. The van der Waals surface area contributed by atoms with E-state index in [0.29, 0.717) is 18.4 Å². The molecule has 0 saturated heterocycles. The SMILES string of the molecule is Cc1ccc(S(=O)(=O)NCCCCC(=O)O)cc1F. The van der Waals surface area contributed by atoms with Crippen LogP contribution in [-0.4, -0.2) is 26.0 Å². The van der Waals surface area contributed by atoms with Crippen molar-refractivity contribution in [2.75, 3.05) is 6.54 Å². The van der Waals surface area contributed by atoms with Crippen LogP contribution < -0.4 is 4.72 Å². The molecule has 0 aliphatic carbocycles. The number of nitrogens with one attached hydrogen (secondary N) is 1. The molecule has 106 valence electrons. The van der Waals surface area contributed by atoms with Crippen molar-refractivity contribution in [2.24, 2.45) is 0 Å². The fourth-order valence-electron chi connectivity index (χ4n) is 1.43. The summed E-state index contributed by atoms with van der Waals surface area (Å²) >= 11 is 0. The largest absolute Gasteiger partial charge is 0.481 e. The molecule has 2 N–H and O–H groups in total. The van der Waals surface area contributed by atoms with Gasteiger partial charge in [-0.2, -0.15) is 0 Å². The number of rotatable bonds is 7. The van der Waals surface area contributed by atoms with Crippen molar-refractivity contribution in [3.8, 4) is 0 Å². The van der Waals surface area contributed by atoms with E-state index in [4.69, 9.17) is 5.11 Å². The van der Waals surface area contributed by atoms with E-state index in [1.165, 1.54) is 12.1 Å². The average molecular weight is 289 g/mol. The summed E-state index contributed by atoms with van der Waals surface area (Å²) in [7, 11) is -3.74. The molecule has 7 heteroatoms. The first-order chi connectivity index (χ1) is 8.83. The van der Waals surface area contributed by atoms with Crippen molar-refractivity contribution < 1.29 is 22.7 Å². The van der Waals surface area contributed by atoms with Crippen LogP contribution >= 0.6 is 0 Å². The summed E-state index contributed by atoms with van der Waals surface area (Å²) in [6, 6.07) is 3.70. The van der Waals surface area contributed by atoms with E-state index in [-0.39, 0.29) is 17.9 Å². The zero-order valence-electron chi connectivity index (χ0n) is 10.5. The smallest absolute Gasteiger partial charge is 0.303 e. The van der Waals surface area contributed by atoms with Gasteiger partial charge in [0.2, 0.25) is 10.0 Å². The van der Waals surface area contributed by atoms with Gasteiger partial charge in [-0.15, -0.1) is 0 Å². The predicted octanol–water partition coefficient (Wildman–Crippen LogP) is 1.67. The molecule has 1 aromatic carbocycles. The molecule has 0 aliphatic rings. The minimum Gasteiger partial charge on any atom is -0.481 e. The molecule has 0 amide bonds. The van der Waals surface area contributed by atoms with Gasteiger partial charge < -0.3 is 5.11 Å². The molecule has 0 atom stereocenters. The lowest BCUT2D eigenvalue weighted by atomic mass is 10.2. The van der Waals surface area contributed by atoms with Crippen molar-refractivity contribution in [1.29, 1.82) is 0 Å². The van der Waals surface area contributed by atoms with E-state index >= 15 is 0 Å². The molecule has 0 heterocycles. The van der Waals surface area contributed by atoms with Crippen LogP contribution in [0.3, 0.4) is 0 Å². The molecule has 0 fully saturated rings. The number of aliphatic carboxylic acids is 1. The van der Waals surface area contributed by atoms with Gasteiger partial charge in [0.15, 0.2) is 0 Å². The van der Waals surface area contributed by atoms with Gasteiger partial charge in [0.05, 0.1) is 4.90 Å². The Balaban J connectivity index is 2.56. The molecule has 0 unspecified atom stereocenters. The van der Waals surface area contributed by atoms with Crippen LogP contribution in [0.5, 0.6) is 0 Å². The van der Waals surface area contributed by atoms with Crippen molar-refractivity contribution in [3.05, 3.63) is 29.6 Å². The number of halogens is 1. The Bertz CT molecular complexity index is 557. The molecule has 1 rings (SSSR count). The van der Waals surface area contributed by atoms with Crippen LogP contribution in [0.4, 0.5) is 4.39 Å². The lowest BCUT2D eigenvalue weighted by molar-refractivity contribution is -0.137. The third kappa shape index (κ3) is 4.96. The maximum atomic E-state index is 13.3. The molecule has 0 bridgehead atoms. The van der Waals surface area contributed by atoms with Crippen molar-refractivity contribution in [2.45, 2.75) is 31.1 Å². The van der Waals surface area contributed by atoms with E-state index < -0.39 is 21.8 Å². The number of sulfonamides is 1. The number of carboxylic acid groups (broad SMARTS) is 1.